The first-order valence-corrected chi connectivity index (χ1v) is 12.2. The lowest BCUT2D eigenvalue weighted by atomic mass is 10.0. The van der Waals surface area contributed by atoms with Gasteiger partial charge < -0.3 is 4.74 Å². The number of carbonyl (C=O) groups is 3. The molecular formula is C26H20Br2N2O4. The molecule has 1 aliphatic heterocycles. The van der Waals surface area contributed by atoms with E-state index < -0.39 is 17.8 Å². The third-order valence-corrected chi connectivity index (χ3v) is 6.11. The van der Waals surface area contributed by atoms with E-state index in [1.54, 1.807) is 66.7 Å². The Bertz CT molecular complexity index is 1210. The number of urea groups is 1. The molecule has 4 rings (SSSR count). The lowest BCUT2D eigenvalue weighted by Crippen LogP contribution is -2.57. The summed E-state index contributed by atoms with van der Waals surface area (Å²) in [6.07, 6.45) is 2.26. The second-order valence-corrected chi connectivity index (χ2v) is 9.22. The van der Waals surface area contributed by atoms with Crippen LogP contribution in [0.25, 0.3) is 6.08 Å². The van der Waals surface area contributed by atoms with Crippen LogP contribution >= 0.6 is 31.9 Å². The van der Waals surface area contributed by atoms with Gasteiger partial charge in [-0.05, 0) is 64.8 Å². The average molecular weight is 584 g/mol. The van der Waals surface area contributed by atoms with Crippen LogP contribution in [0.2, 0.25) is 0 Å². The molecule has 4 amide bonds. The van der Waals surface area contributed by atoms with Gasteiger partial charge in [0.1, 0.15) is 11.3 Å². The molecule has 8 heteroatoms. The van der Waals surface area contributed by atoms with Gasteiger partial charge in [0, 0.05) is 10.0 Å². The van der Waals surface area contributed by atoms with Crippen LogP contribution in [0.3, 0.4) is 0 Å². The highest BCUT2D eigenvalue weighted by Gasteiger charge is 2.43. The van der Waals surface area contributed by atoms with Crippen LogP contribution in [0.1, 0.15) is 18.9 Å². The number of imide groups is 2. The molecule has 1 aliphatic rings. The Labute approximate surface area is 214 Å². The smallest absolute Gasteiger partial charge is 0.343 e. The Hall–Kier alpha value is -3.23. The van der Waals surface area contributed by atoms with Crippen LogP contribution in [0, 0.1) is 0 Å². The zero-order valence-corrected chi connectivity index (χ0v) is 21.4. The minimum atomic E-state index is -0.734. The molecule has 0 radical (unpaired) electrons. The number of amides is 4. The predicted octanol–water partition coefficient (Wildman–Crippen LogP) is 6.58. The number of rotatable bonds is 6. The standard InChI is InChI=1S/C26H20Br2N2O4/c1-2-13-34-23-17(14-18(27)16-22(23)28)15-21-24(31)29(19-9-5-3-6-10-19)26(33)30(25(21)32)20-11-7-4-8-12-20/h3-12,14-16H,2,13H2,1H3. The normalized spacial score (nSPS) is 14.0. The van der Waals surface area contributed by atoms with Gasteiger partial charge in [0.2, 0.25) is 0 Å². The van der Waals surface area contributed by atoms with Gasteiger partial charge in [-0.1, -0.05) is 59.3 Å². The monoisotopic (exact) mass is 582 g/mol. The van der Waals surface area contributed by atoms with E-state index in [9.17, 15) is 14.4 Å². The summed E-state index contributed by atoms with van der Waals surface area (Å²) in [7, 11) is 0. The largest absolute Gasteiger partial charge is 0.492 e. The van der Waals surface area contributed by atoms with Gasteiger partial charge in [0.25, 0.3) is 11.8 Å². The number of barbiturate groups is 1. The maximum absolute atomic E-state index is 13.5. The molecule has 1 fully saturated rings. The highest BCUT2D eigenvalue weighted by molar-refractivity contribution is 9.11. The second-order valence-electron chi connectivity index (χ2n) is 7.45. The summed E-state index contributed by atoms with van der Waals surface area (Å²) in [6.45, 7) is 2.45. The summed E-state index contributed by atoms with van der Waals surface area (Å²) in [5.41, 5.74) is 1.12. The molecule has 0 aromatic heterocycles. The Morgan fingerprint density at radius 3 is 1.85 bits per heavy atom. The summed E-state index contributed by atoms with van der Waals surface area (Å²) in [5, 5.41) is 0. The highest BCUT2D eigenvalue weighted by atomic mass is 79.9. The highest BCUT2D eigenvalue weighted by Crippen LogP contribution is 2.36. The molecule has 6 nitrogen and oxygen atoms in total. The quantitative estimate of drug-likeness (QED) is 0.243. The van der Waals surface area contributed by atoms with Crippen molar-refractivity contribution in [2.45, 2.75) is 13.3 Å². The minimum absolute atomic E-state index is 0.154. The molecule has 1 heterocycles. The SMILES string of the molecule is CCCOc1c(Br)cc(Br)cc1C=C1C(=O)N(c2ccccc2)C(=O)N(c2ccccc2)C1=O. The molecule has 0 spiro atoms. The van der Waals surface area contributed by atoms with Crippen LogP contribution < -0.4 is 14.5 Å². The fourth-order valence-corrected chi connectivity index (χ4v) is 4.91. The van der Waals surface area contributed by atoms with E-state index in [4.69, 9.17) is 4.74 Å². The summed E-state index contributed by atoms with van der Waals surface area (Å²) >= 11 is 6.96. The van der Waals surface area contributed by atoms with Gasteiger partial charge in [-0.2, -0.15) is 0 Å². The first-order valence-electron chi connectivity index (χ1n) is 10.6. The van der Waals surface area contributed by atoms with E-state index in [0.717, 1.165) is 20.7 Å². The summed E-state index contributed by atoms with van der Waals surface area (Å²) in [4.78, 5) is 42.5. The van der Waals surface area contributed by atoms with Crippen LogP contribution in [0.4, 0.5) is 16.2 Å². The van der Waals surface area contributed by atoms with Crippen molar-refractivity contribution in [1.82, 2.24) is 0 Å². The van der Waals surface area contributed by atoms with Crippen molar-refractivity contribution >= 4 is 67.2 Å². The fraction of sp³-hybridized carbons (Fsp3) is 0.115. The lowest BCUT2D eigenvalue weighted by molar-refractivity contribution is -0.121. The molecule has 172 valence electrons. The van der Waals surface area contributed by atoms with Gasteiger partial charge >= 0.3 is 6.03 Å². The first-order chi connectivity index (χ1) is 16.4. The number of hydrogen-bond acceptors (Lipinski definition) is 4. The molecule has 0 bridgehead atoms. The molecule has 0 saturated carbocycles. The van der Waals surface area contributed by atoms with Gasteiger partial charge in [-0.25, -0.2) is 14.6 Å². The Morgan fingerprint density at radius 1 is 0.824 bits per heavy atom. The third-order valence-electron chi connectivity index (χ3n) is 5.07. The van der Waals surface area contributed by atoms with Crippen LogP contribution in [-0.2, 0) is 9.59 Å². The van der Waals surface area contributed by atoms with Gasteiger partial charge in [-0.15, -0.1) is 0 Å². The number of nitrogens with zero attached hydrogens (tertiary/aromatic N) is 2. The minimum Gasteiger partial charge on any atom is -0.492 e. The Kier molecular flexibility index (Phi) is 7.29. The molecule has 34 heavy (non-hydrogen) atoms. The maximum Gasteiger partial charge on any atom is 0.343 e. The number of hydrogen-bond donors (Lipinski definition) is 0. The number of carbonyl (C=O) groups excluding carboxylic acids is 3. The number of anilines is 2. The van der Waals surface area contributed by atoms with Crippen molar-refractivity contribution in [3.05, 3.63) is 92.9 Å². The van der Waals surface area contributed by atoms with Crippen LogP contribution in [0.5, 0.6) is 5.75 Å². The summed E-state index contributed by atoms with van der Waals surface area (Å²) in [6, 6.07) is 19.9. The Balaban J connectivity index is 1.89. The zero-order chi connectivity index (χ0) is 24.2. The number of benzene rings is 3. The van der Waals surface area contributed by atoms with E-state index in [-0.39, 0.29) is 5.57 Å². The molecule has 0 N–H and O–H groups in total. The van der Waals surface area contributed by atoms with Crippen LogP contribution in [-0.4, -0.2) is 24.5 Å². The molecule has 0 unspecified atom stereocenters. The molecule has 3 aromatic carbocycles. The average Bonchev–Trinajstić information content (AvgIpc) is 2.82. The lowest BCUT2D eigenvalue weighted by Gasteiger charge is -2.34. The summed E-state index contributed by atoms with van der Waals surface area (Å²) in [5.74, 6) is -0.899. The van der Waals surface area contributed by atoms with Crippen LogP contribution in [0.15, 0.2) is 87.3 Å². The van der Waals surface area contributed by atoms with Crippen molar-refractivity contribution in [2.75, 3.05) is 16.4 Å². The molecule has 0 atom stereocenters. The van der Waals surface area contributed by atoms with E-state index in [0.29, 0.717) is 33.8 Å². The molecule has 1 saturated heterocycles. The Morgan fingerprint density at radius 2 is 1.35 bits per heavy atom. The number of ether oxygens (including phenoxy) is 1. The first kappa shape index (κ1) is 23.9. The predicted molar refractivity (Wildman–Crippen MR) is 139 cm³/mol. The van der Waals surface area contributed by atoms with E-state index in [1.165, 1.54) is 6.08 Å². The van der Waals surface area contributed by atoms with Crippen molar-refractivity contribution in [3.8, 4) is 5.75 Å². The van der Waals surface area contributed by atoms with Crippen molar-refractivity contribution < 1.29 is 19.1 Å². The zero-order valence-electron chi connectivity index (χ0n) is 18.2. The molecular weight excluding hydrogens is 564 g/mol. The van der Waals surface area contributed by atoms with Crippen molar-refractivity contribution in [2.24, 2.45) is 0 Å². The van der Waals surface area contributed by atoms with E-state index >= 15 is 0 Å². The number of halogens is 2. The van der Waals surface area contributed by atoms with Gasteiger partial charge in [-0.3, -0.25) is 9.59 Å². The maximum atomic E-state index is 13.5. The topological polar surface area (TPSA) is 66.9 Å². The van der Waals surface area contributed by atoms with Crippen molar-refractivity contribution in [3.63, 3.8) is 0 Å². The molecule has 0 aliphatic carbocycles. The second kappa shape index (κ2) is 10.4. The third kappa shape index (κ3) is 4.69. The summed E-state index contributed by atoms with van der Waals surface area (Å²) < 4.78 is 7.31. The van der Waals surface area contributed by atoms with E-state index in [2.05, 4.69) is 31.9 Å². The van der Waals surface area contributed by atoms with Gasteiger partial charge in [0.05, 0.1) is 22.5 Å². The van der Waals surface area contributed by atoms with Crippen molar-refractivity contribution in [1.29, 1.82) is 0 Å². The fourth-order valence-electron chi connectivity index (χ4n) is 3.54. The number of para-hydroxylation sites is 2. The van der Waals surface area contributed by atoms with Gasteiger partial charge in [0.15, 0.2) is 0 Å². The van der Waals surface area contributed by atoms with E-state index in [1.807, 2.05) is 13.0 Å². The molecule has 3 aromatic rings.